The minimum atomic E-state index is -0.117. The highest BCUT2D eigenvalue weighted by Gasteiger charge is 2.33. The quantitative estimate of drug-likeness (QED) is 0.542. The molecular weight excluding hydrogens is 318 g/mol. The predicted molar refractivity (Wildman–Crippen MR) is 85.1 cm³/mol. The van der Waals surface area contributed by atoms with Crippen LogP contribution in [-0.4, -0.2) is 41.4 Å². The lowest BCUT2D eigenvalue weighted by molar-refractivity contribution is -0.146. The van der Waals surface area contributed by atoms with Gasteiger partial charge in [-0.2, -0.15) is 0 Å². The van der Waals surface area contributed by atoms with Crippen LogP contribution in [0.15, 0.2) is 0 Å². The molecule has 0 aromatic carbocycles. The third-order valence-electron chi connectivity index (χ3n) is 4.74. The number of piperidine rings is 2. The van der Waals surface area contributed by atoms with E-state index in [1.54, 1.807) is 0 Å². The fourth-order valence-corrected chi connectivity index (χ4v) is 4.01. The molecule has 2 fully saturated rings. The number of unbranched alkanes of at least 4 members (excludes halogenated alkanes) is 1. The molecule has 0 aliphatic carbocycles. The largest absolute Gasteiger partial charge is 0.464 e. The average Bonchev–Trinajstić information content (AvgIpc) is 2.50. The zero-order valence-electron chi connectivity index (χ0n) is 12.7. The normalized spacial score (nSPS) is 28.7. The molecule has 2 aliphatic heterocycles. The number of carbonyl (C=O) groups is 1. The van der Waals surface area contributed by atoms with Gasteiger partial charge in [0.25, 0.3) is 0 Å². The summed E-state index contributed by atoms with van der Waals surface area (Å²) in [4.78, 5) is 14.5. The molecule has 0 saturated carbocycles. The summed E-state index contributed by atoms with van der Waals surface area (Å²) < 4.78 is 5.58. The number of rotatable bonds is 6. The molecular formula is C16H28BrNO2. The highest BCUT2D eigenvalue weighted by Crippen LogP contribution is 2.31. The highest BCUT2D eigenvalue weighted by molar-refractivity contribution is 9.10. The molecule has 2 aliphatic rings. The van der Waals surface area contributed by atoms with E-state index in [4.69, 9.17) is 4.74 Å². The van der Waals surface area contributed by atoms with Crippen LogP contribution < -0.4 is 0 Å². The van der Waals surface area contributed by atoms with Crippen LogP contribution in [0.5, 0.6) is 0 Å². The third kappa shape index (κ3) is 4.45. The van der Waals surface area contributed by atoms with Gasteiger partial charge in [-0.15, -0.1) is 0 Å². The molecule has 2 rings (SSSR count). The van der Waals surface area contributed by atoms with E-state index in [2.05, 4.69) is 27.8 Å². The molecule has 4 heteroatoms. The summed E-state index contributed by atoms with van der Waals surface area (Å²) in [5.74, 6) is 0.491. The maximum atomic E-state index is 12.0. The van der Waals surface area contributed by atoms with Gasteiger partial charge in [0, 0.05) is 12.0 Å². The number of hydrogen-bond donors (Lipinski definition) is 0. The van der Waals surface area contributed by atoms with Gasteiger partial charge in [0.2, 0.25) is 0 Å². The van der Waals surface area contributed by atoms with E-state index in [0.717, 1.165) is 19.3 Å². The standard InChI is InChI=1S/C16H28BrNO2/c1-2-3-8-14(17)16(19)20-12-13-7-6-11-18-10-5-4-9-15(13)18/h13-15H,2-12H2,1H3/t13-,14-,15-/m1/s1. The molecule has 0 spiro atoms. The van der Waals surface area contributed by atoms with Crippen molar-refractivity contribution in [2.24, 2.45) is 5.92 Å². The monoisotopic (exact) mass is 345 g/mol. The zero-order chi connectivity index (χ0) is 14.4. The van der Waals surface area contributed by atoms with Gasteiger partial charge >= 0.3 is 5.97 Å². The van der Waals surface area contributed by atoms with E-state index in [1.165, 1.54) is 45.2 Å². The molecule has 20 heavy (non-hydrogen) atoms. The van der Waals surface area contributed by atoms with Crippen molar-refractivity contribution in [2.75, 3.05) is 19.7 Å². The van der Waals surface area contributed by atoms with Crippen molar-refractivity contribution in [1.29, 1.82) is 0 Å². The van der Waals surface area contributed by atoms with Crippen LogP contribution >= 0.6 is 15.9 Å². The minimum Gasteiger partial charge on any atom is -0.464 e. The van der Waals surface area contributed by atoms with Gasteiger partial charge in [0.05, 0.1) is 6.61 Å². The van der Waals surface area contributed by atoms with Gasteiger partial charge in [-0.3, -0.25) is 9.69 Å². The van der Waals surface area contributed by atoms with Crippen LogP contribution in [-0.2, 0) is 9.53 Å². The fraction of sp³-hybridized carbons (Fsp3) is 0.938. The van der Waals surface area contributed by atoms with Gasteiger partial charge in [0.15, 0.2) is 0 Å². The second kappa shape index (κ2) is 8.38. The number of carbonyl (C=O) groups excluding carboxylic acids is 1. The first-order chi connectivity index (χ1) is 9.72. The van der Waals surface area contributed by atoms with Crippen LogP contribution in [0.2, 0.25) is 0 Å². The Morgan fingerprint density at radius 1 is 1.30 bits per heavy atom. The lowest BCUT2D eigenvalue weighted by Crippen LogP contribution is -2.49. The van der Waals surface area contributed by atoms with Gasteiger partial charge in [-0.25, -0.2) is 0 Å². The lowest BCUT2D eigenvalue weighted by Gasteiger charge is -2.44. The first kappa shape index (κ1) is 16.3. The van der Waals surface area contributed by atoms with E-state index in [9.17, 15) is 4.79 Å². The summed E-state index contributed by atoms with van der Waals surface area (Å²) in [7, 11) is 0. The number of fused-ring (bicyclic) bond motifs is 1. The van der Waals surface area contributed by atoms with E-state index in [0.29, 0.717) is 18.6 Å². The Morgan fingerprint density at radius 2 is 2.10 bits per heavy atom. The van der Waals surface area contributed by atoms with Crippen LogP contribution in [0.3, 0.4) is 0 Å². The number of ether oxygens (including phenoxy) is 1. The maximum Gasteiger partial charge on any atom is 0.319 e. The number of hydrogen-bond acceptors (Lipinski definition) is 3. The Labute approximate surface area is 131 Å². The molecule has 3 nitrogen and oxygen atoms in total. The Hall–Kier alpha value is -0.0900. The molecule has 0 N–H and O–H groups in total. The molecule has 0 unspecified atom stereocenters. The van der Waals surface area contributed by atoms with Gasteiger partial charge in [-0.05, 0) is 45.2 Å². The molecule has 2 heterocycles. The van der Waals surface area contributed by atoms with Crippen LogP contribution in [0.4, 0.5) is 0 Å². The maximum absolute atomic E-state index is 12.0. The average molecular weight is 346 g/mol. The second-order valence-electron chi connectivity index (χ2n) is 6.24. The fourth-order valence-electron chi connectivity index (χ4n) is 3.55. The predicted octanol–water partition coefficient (Wildman–Crippen LogP) is 3.75. The minimum absolute atomic E-state index is 0.0635. The number of alkyl halides is 1. The van der Waals surface area contributed by atoms with Crippen molar-refractivity contribution in [1.82, 2.24) is 4.90 Å². The molecule has 0 radical (unpaired) electrons. The Balaban J connectivity index is 1.76. The summed E-state index contributed by atoms with van der Waals surface area (Å²) in [6, 6.07) is 0.662. The van der Waals surface area contributed by atoms with Crippen LogP contribution in [0.25, 0.3) is 0 Å². The molecule has 3 atom stereocenters. The SMILES string of the molecule is CCCC[C@@H](Br)C(=O)OC[C@H]1CCCN2CCCC[C@H]12. The van der Waals surface area contributed by atoms with Gasteiger partial charge in [-0.1, -0.05) is 42.1 Å². The summed E-state index contributed by atoms with van der Waals surface area (Å²) in [6.45, 7) is 5.25. The summed E-state index contributed by atoms with van der Waals surface area (Å²) in [6.07, 6.45) is 9.51. The molecule has 2 saturated heterocycles. The highest BCUT2D eigenvalue weighted by atomic mass is 79.9. The number of halogens is 1. The lowest BCUT2D eigenvalue weighted by atomic mass is 9.84. The van der Waals surface area contributed by atoms with Crippen LogP contribution in [0.1, 0.15) is 58.3 Å². The van der Waals surface area contributed by atoms with Gasteiger partial charge in [0.1, 0.15) is 4.83 Å². The van der Waals surface area contributed by atoms with Crippen molar-refractivity contribution in [3.8, 4) is 0 Å². The van der Waals surface area contributed by atoms with E-state index >= 15 is 0 Å². The van der Waals surface area contributed by atoms with Crippen molar-refractivity contribution < 1.29 is 9.53 Å². The topological polar surface area (TPSA) is 29.5 Å². The molecule has 0 aromatic rings. The van der Waals surface area contributed by atoms with Crippen molar-refractivity contribution in [2.45, 2.75) is 69.2 Å². The van der Waals surface area contributed by atoms with E-state index < -0.39 is 0 Å². The summed E-state index contributed by atoms with van der Waals surface area (Å²) in [5.41, 5.74) is 0. The molecule has 0 amide bonds. The molecule has 0 bridgehead atoms. The van der Waals surface area contributed by atoms with Crippen molar-refractivity contribution in [3.05, 3.63) is 0 Å². The van der Waals surface area contributed by atoms with Crippen molar-refractivity contribution in [3.63, 3.8) is 0 Å². The summed E-state index contributed by atoms with van der Waals surface area (Å²) in [5, 5.41) is 0. The van der Waals surface area contributed by atoms with Crippen LogP contribution in [0, 0.1) is 5.92 Å². The Kier molecular flexibility index (Phi) is 6.82. The van der Waals surface area contributed by atoms with E-state index in [-0.39, 0.29) is 10.8 Å². The second-order valence-corrected chi connectivity index (χ2v) is 7.35. The third-order valence-corrected chi connectivity index (χ3v) is 5.57. The molecule has 0 aromatic heterocycles. The first-order valence-corrected chi connectivity index (χ1v) is 9.18. The smallest absolute Gasteiger partial charge is 0.319 e. The van der Waals surface area contributed by atoms with Gasteiger partial charge < -0.3 is 4.74 Å². The van der Waals surface area contributed by atoms with Crippen molar-refractivity contribution >= 4 is 21.9 Å². The zero-order valence-corrected chi connectivity index (χ0v) is 14.2. The molecule has 116 valence electrons. The first-order valence-electron chi connectivity index (χ1n) is 8.27. The number of esters is 1. The van der Waals surface area contributed by atoms with E-state index in [1.807, 2.05) is 0 Å². The number of nitrogens with zero attached hydrogens (tertiary/aromatic N) is 1. The Morgan fingerprint density at radius 3 is 2.90 bits per heavy atom. The Bertz CT molecular complexity index is 309. The summed E-state index contributed by atoms with van der Waals surface area (Å²) >= 11 is 3.45.